The van der Waals surface area contributed by atoms with E-state index < -0.39 is 0 Å². The predicted octanol–water partition coefficient (Wildman–Crippen LogP) is 2.01. The highest BCUT2D eigenvalue weighted by atomic mass is 16.3. The van der Waals surface area contributed by atoms with Crippen molar-refractivity contribution in [1.29, 1.82) is 0 Å². The third kappa shape index (κ3) is 2.56. The molecular weight excluding hydrogens is 174 g/mol. The first-order chi connectivity index (χ1) is 6.69. The Balaban J connectivity index is 2.82. The van der Waals surface area contributed by atoms with Gasteiger partial charge < -0.3 is 10.8 Å². The van der Waals surface area contributed by atoms with E-state index >= 15 is 0 Å². The maximum atomic E-state index is 9.15. The molecule has 14 heavy (non-hydrogen) atoms. The van der Waals surface area contributed by atoms with Crippen LogP contribution < -0.4 is 5.73 Å². The van der Waals surface area contributed by atoms with Crippen LogP contribution in [0.1, 0.15) is 30.5 Å². The minimum absolute atomic E-state index is 0.0510. The van der Waals surface area contributed by atoms with Gasteiger partial charge in [-0.2, -0.15) is 0 Å². The van der Waals surface area contributed by atoms with Crippen LogP contribution in [0.2, 0.25) is 0 Å². The van der Waals surface area contributed by atoms with E-state index in [1.165, 1.54) is 5.56 Å². The van der Waals surface area contributed by atoms with Crippen LogP contribution in [0.3, 0.4) is 0 Å². The number of nitrogens with two attached hydrogens (primary N) is 1. The largest absolute Gasteiger partial charge is 0.396 e. The minimum atomic E-state index is -0.0510. The fraction of sp³-hybridized carbons (Fsp3) is 0.500. The highest BCUT2D eigenvalue weighted by Gasteiger charge is 2.16. The van der Waals surface area contributed by atoms with Gasteiger partial charge >= 0.3 is 0 Å². The Morgan fingerprint density at radius 2 is 2.14 bits per heavy atom. The molecule has 1 aromatic rings. The maximum Gasteiger partial charge on any atom is 0.0477 e. The molecule has 3 N–H and O–H groups in total. The van der Waals surface area contributed by atoms with E-state index in [0.717, 1.165) is 12.0 Å². The molecule has 1 rings (SSSR count). The van der Waals surface area contributed by atoms with Crippen molar-refractivity contribution >= 4 is 0 Å². The van der Waals surface area contributed by atoms with Crippen molar-refractivity contribution in [2.45, 2.75) is 26.3 Å². The molecule has 0 saturated carbocycles. The van der Waals surface area contributed by atoms with Gasteiger partial charge in [0.25, 0.3) is 0 Å². The molecule has 0 aliphatic heterocycles. The van der Waals surface area contributed by atoms with Gasteiger partial charge in [0.1, 0.15) is 0 Å². The van der Waals surface area contributed by atoms with Crippen LogP contribution in [-0.4, -0.2) is 11.7 Å². The molecule has 0 aliphatic rings. The van der Waals surface area contributed by atoms with E-state index in [0.29, 0.717) is 0 Å². The van der Waals surface area contributed by atoms with Crippen LogP contribution in [0.4, 0.5) is 0 Å². The van der Waals surface area contributed by atoms with Crippen molar-refractivity contribution < 1.29 is 5.11 Å². The molecule has 0 amide bonds. The summed E-state index contributed by atoms with van der Waals surface area (Å²) >= 11 is 0. The van der Waals surface area contributed by atoms with E-state index in [9.17, 15) is 0 Å². The fourth-order valence-corrected chi connectivity index (χ4v) is 1.65. The van der Waals surface area contributed by atoms with Gasteiger partial charge in [-0.25, -0.2) is 0 Å². The Morgan fingerprint density at radius 1 is 1.43 bits per heavy atom. The SMILES string of the molecule is CCC(CO)C(N)c1cccc(C)c1. The van der Waals surface area contributed by atoms with Gasteiger partial charge in [-0.1, -0.05) is 36.8 Å². The number of benzene rings is 1. The lowest BCUT2D eigenvalue weighted by Crippen LogP contribution is -2.23. The third-order valence-corrected chi connectivity index (χ3v) is 2.69. The zero-order valence-corrected chi connectivity index (χ0v) is 8.90. The Hall–Kier alpha value is -0.860. The second-order valence-electron chi connectivity index (χ2n) is 3.79. The second kappa shape index (κ2) is 5.13. The average Bonchev–Trinajstić information content (AvgIpc) is 2.19. The van der Waals surface area contributed by atoms with Gasteiger partial charge in [0, 0.05) is 18.6 Å². The van der Waals surface area contributed by atoms with Gasteiger partial charge in [0.2, 0.25) is 0 Å². The Morgan fingerprint density at radius 3 is 2.64 bits per heavy atom. The first-order valence-corrected chi connectivity index (χ1v) is 5.12. The summed E-state index contributed by atoms with van der Waals surface area (Å²) in [4.78, 5) is 0. The van der Waals surface area contributed by atoms with Crippen molar-refractivity contribution in [3.8, 4) is 0 Å². The quantitative estimate of drug-likeness (QED) is 0.768. The Kier molecular flexibility index (Phi) is 4.11. The topological polar surface area (TPSA) is 46.2 Å². The van der Waals surface area contributed by atoms with Gasteiger partial charge in [-0.15, -0.1) is 0 Å². The zero-order chi connectivity index (χ0) is 10.6. The lowest BCUT2D eigenvalue weighted by Gasteiger charge is -2.21. The van der Waals surface area contributed by atoms with Crippen LogP contribution in [0.25, 0.3) is 0 Å². The van der Waals surface area contributed by atoms with Gasteiger partial charge in [-0.3, -0.25) is 0 Å². The molecule has 0 radical (unpaired) electrons. The van der Waals surface area contributed by atoms with Crippen LogP contribution in [0.15, 0.2) is 24.3 Å². The molecule has 78 valence electrons. The van der Waals surface area contributed by atoms with Gasteiger partial charge in [-0.05, 0) is 18.9 Å². The van der Waals surface area contributed by atoms with E-state index in [4.69, 9.17) is 10.8 Å². The molecule has 2 heteroatoms. The monoisotopic (exact) mass is 193 g/mol. The predicted molar refractivity (Wildman–Crippen MR) is 59.0 cm³/mol. The molecule has 0 fully saturated rings. The lowest BCUT2D eigenvalue weighted by molar-refractivity contribution is 0.200. The molecular formula is C12H19NO. The highest BCUT2D eigenvalue weighted by Crippen LogP contribution is 2.22. The van der Waals surface area contributed by atoms with Crippen molar-refractivity contribution in [2.24, 2.45) is 11.7 Å². The number of aliphatic hydroxyl groups is 1. The van der Waals surface area contributed by atoms with Crippen LogP contribution in [0.5, 0.6) is 0 Å². The Labute approximate surface area is 85.8 Å². The molecule has 0 aromatic heterocycles. The normalized spacial score (nSPS) is 15.1. The maximum absolute atomic E-state index is 9.15. The molecule has 2 unspecified atom stereocenters. The summed E-state index contributed by atoms with van der Waals surface area (Å²) in [6.45, 7) is 4.26. The molecule has 2 atom stereocenters. The van der Waals surface area contributed by atoms with Crippen molar-refractivity contribution in [3.05, 3.63) is 35.4 Å². The summed E-state index contributed by atoms with van der Waals surface area (Å²) in [6, 6.07) is 8.12. The number of aliphatic hydroxyl groups excluding tert-OH is 1. The Bertz CT molecular complexity index is 281. The minimum Gasteiger partial charge on any atom is -0.396 e. The van der Waals surface area contributed by atoms with Crippen LogP contribution in [-0.2, 0) is 0 Å². The molecule has 0 saturated heterocycles. The molecule has 1 aromatic carbocycles. The van der Waals surface area contributed by atoms with E-state index in [1.54, 1.807) is 0 Å². The first kappa shape index (κ1) is 11.2. The summed E-state index contributed by atoms with van der Waals surface area (Å²) in [7, 11) is 0. The highest BCUT2D eigenvalue weighted by molar-refractivity contribution is 5.25. The molecule has 0 bridgehead atoms. The summed E-state index contributed by atoms with van der Waals surface area (Å²) < 4.78 is 0. The van der Waals surface area contributed by atoms with E-state index in [1.807, 2.05) is 12.1 Å². The summed E-state index contributed by atoms with van der Waals surface area (Å²) in [5.41, 5.74) is 8.40. The number of rotatable bonds is 4. The number of hydrogen-bond donors (Lipinski definition) is 2. The van der Waals surface area contributed by atoms with Crippen molar-refractivity contribution in [3.63, 3.8) is 0 Å². The smallest absolute Gasteiger partial charge is 0.0477 e. The number of hydrogen-bond acceptors (Lipinski definition) is 2. The summed E-state index contributed by atoms with van der Waals surface area (Å²) in [5.74, 6) is 0.164. The van der Waals surface area contributed by atoms with Crippen molar-refractivity contribution in [2.75, 3.05) is 6.61 Å². The fourth-order valence-electron chi connectivity index (χ4n) is 1.65. The first-order valence-electron chi connectivity index (χ1n) is 5.12. The molecule has 0 heterocycles. The van der Waals surface area contributed by atoms with Crippen LogP contribution >= 0.6 is 0 Å². The van der Waals surface area contributed by atoms with Gasteiger partial charge in [0.15, 0.2) is 0 Å². The summed E-state index contributed by atoms with van der Waals surface area (Å²) in [5, 5.41) is 9.15. The lowest BCUT2D eigenvalue weighted by atomic mass is 9.92. The molecule has 0 spiro atoms. The van der Waals surface area contributed by atoms with E-state index in [2.05, 4.69) is 26.0 Å². The van der Waals surface area contributed by atoms with Crippen LogP contribution in [0, 0.1) is 12.8 Å². The van der Waals surface area contributed by atoms with Crippen molar-refractivity contribution in [1.82, 2.24) is 0 Å². The number of aryl methyl sites for hydroxylation is 1. The average molecular weight is 193 g/mol. The van der Waals surface area contributed by atoms with Gasteiger partial charge in [0.05, 0.1) is 0 Å². The zero-order valence-electron chi connectivity index (χ0n) is 8.90. The summed E-state index contributed by atoms with van der Waals surface area (Å²) in [6.07, 6.45) is 0.908. The van der Waals surface area contributed by atoms with E-state index in [-0.39, 0.29) is 18.6 Å². The standard InChI is InChI=1S/C12H19NO/c1-3-10(8-14)12(13)11-6-4-5-9(2)7-11/h4-7,10,12,14H,3,8,13H2,1-2H3. The molecule has 2 nitrogen and oxygen atoms in total. The third-order valence-electron chi connectivity index (χ3n) is 2.69. The second-order valence-corrected chi connectivity index (χ2v) is 3.79. The molecule has 0 aliphatic carbocycles.